The summed E-state index contributed by atoms with van der Waals surface area (Å²) in [7, 11) is 0. The van der Waals surface area contributed by atoms with Gasteiger partial charge in [0.05, 0.1) is 0 Å². The van der Waals surface area contributed by atoms with Gasteiger partial charge in [-0.2, -0.15) is 4.98 Å². The standard InChI is InChI=1S/C16H18N4/c1-13(14-7-3-2-4-8-14)10-11-17-16-18-15-9-5-6-12-20(15)19-16/h2-9,12-13H,10-11H2,1H3,(H,17,19). The van der Waals surface area contributed by atoms with Crippen molar-refractivity contribution in [1.29, 1.82) is 0 Å². The van der Waals surface area contributed by atoms with Crippen LogP contribution >= 0.6 is 0 Å². The molecule has 0 aliphatic rings. The van der Waals surface area contributed by atoms with Crippen molar-refractivity contribution in [1.82, 2.24) is 14.6 Å². The summed E-state index contributed by atoms with van der Waals surface area (Å²) in [5.41, 5.74) is 2.24. The average molecular weight is 266 g/mol. The van der Waals surface area contributed by atoms with Gasteiger partial charge < -0.3 is 5.32 Å². The third-order valence-corrected chi connectivity index (χ3v) is 3.47. The minimum atomic E-state index is 0.528. The van der Waals surface area contributed by atoms with Gasteiger partial charge in [0.15, 0.2) is 5.65 Å². The fourth-order valence-electron chi connectivity index (χ4n) is 2.26. The molecule has 1 N–H and O–H groups in total. The van der Waals surface area contributed by atoms with E-state index in [2.05, 4.69) is 52.7 Å². The molecule has 3 rings (SSSR count). The molecule has 4 heteroatoms. The average Bonchev–Trinajstić information content (AvgIpc) is 2.90. The summed E-state index contributed by atoms with van der Waals surface area (Å²) >= 11 is 0. The van der Waals surface area contributed by atoms with Crippen LogP contribution in [0.15, 0.2) is 54.7 Å². The Kier molecular flexibility index (Phi) is 3.63. The van der Waals surface area contributed by atoms with Gasteiger partial charge in [-0.15, -0.1) is 5.10 Å². The number of hydrogen-bond acceptors (Lipinski definition) is 3. The van der Waals surface area contributed by atoms with Crippen molar-refractivity contribution < 1.29 is 0 Å². The van der Waals surface area contributed by atoms with Crippen LogP contribution < -0.4 is 5.32 Å². The number of anilines is 1. The maximum Gasteiger partial charge on any atom is 0.243 e. The van der Waals surface area contributed by atoms with Gasteiger partial charge in [-0.3, -0.25) is 0 Å². The highest BCUT2D eigenvalue weighted by Gasteiger charge is 2.06. The van der Waals surface area contributed by atoms with Gasteiger partial charge in [0, 0.05) is 12.7 Å². The van der Waals surface area contributed by atoms with Crippen molar-refractivity contribution >= 4 is 11.6 Å². The first kappa shape index (κ1) is 12.7. The van der Waals surface area contributed by atoms with Gasteiger partial charge in [-0.1, -0.05) is 43.3 Å². The summed E-state index contributed by atoms with van der Waals surface area (Å²) in [5, 5.41) is 7.67. The minimum Gasteiger partial charge on any atom is -0.353 e. The molecule has 0 aliphatic heterocycles. The molecular formula is C16H18N4. The molecule has 2 aromatic heterocycles. The Morgan fingerprint density at radius 3 is 2.70 bits per heavy atom. The van der Waals surface area contributed by atoms with Crippen molar-refractivity contribution in [2.45, 2.75) is 19.3 Å². The molecule has 2 heterocycles. The van der Waals surface area contributed by atoms with Crippen LogP contribution in [0.1, 0.15) is 24.8 Å². The first-order valence-electron chi connectivity index (χ1n) is 6.93. The van der Waals surface area contributed by atoms with E-state index < -0.39 is 0 Å². The molecule has 0 aliphatic carbocycles. The molecule has 4 nitrogen and oxygen atoms in total. The van der Waals surface area contributed by atoms with Crippen LogP contribution in [-0.4, -0.2) is 21.1 Å². The van der Waals surface area contributed by atoms with Crippen LogP contribution in [0, 0.1) is 0 Å². The molecule has 0 radical (unpaired) electrons. The molecular weight excluding hydrogens is 248 g/mol. The van der Waals surface area contributed by atoms with E-state index in [1.54, 1.807) is 4.52 Å². The Balaban J connectivity index is 1.57. The van der Waals surface area contributed by atoms with Crippen LogP contribution in [0.4, 0.5) is 5.95 Å². The first-order chi connectivity index (χ1) is 9.83. The molecule has 20 heavy (non-hydrogen) atoms. The number of nitrogens with one attached hydrogen (secondary N) is 1. The summed E-state index contributed by atoms with van der Waals surface area (Å²) < 4.78 is 1.78. The number of nitrogens with zero attached hydrogens (tertiary/aromatic N) is 3. The van der Waals surface area contributed by atoms with E-state index in [4.69, 9.17) is 0 Å². The largest absolute Gasteiger partial charge is 0.353 e. The molecule has 0 saturated heterocycles. The molecule has 0 bridgehead atoms. The topological polar surface area (TPSA) is 42.2 Å². The van der Waals surface area contributed by atoms with E-state index in [1.807, 2.05) is 24.4 Å². The van der Waals surface area contributed by atoms with Crippen LogP contribution in [0.3, 0.4) is 0 Å². The zero-order valence-electron chi connectivity index (χ0n) is 11.5. The second kappa shape index (κ2) is 5.74. The minimum absolute atomic E-state index is 0.528. The molecule has 102 valence electrons. The maximum atomic E-state index is 4.42. The highest BCUT2D eigenvalue weighted by molar-refractivity contribution is 5.42. The van der Waals surface area contributed by atoms with Gasteiger partial charge >= 0.3 is 0 Å². The number of aromatic nitrogens is 3. The van der Waals surface area contributed by atoms with E-state index in [-0.39, 0.29) is 0 Å². The summed E-state index contributed by atoms with van der Waals surface area (Å²) in [4.78, 5) is 4.42. The van der Waals surface area contributed by atoms with E-state index in [0.717, 1.165) is 18.6 Å². The van der Waals surface area contributed by atoms with Crippen molar-refractivity contribution in [3.8, 4) is 0 Å². The van der Waals surface area contributed by atoms with Crippen molar-refractivity contribution in [3.63, 3.8) is 0 Å². The van der Waals surface area contributed by atoms with Crippen molar-refractivity contribution in [3.05, 3.63) is 60.3 Å². The highest BCUT2D eigenvalue weighted by atomic mass is 15.3. The van der Waals surface area contributed by atoms with E-state index >= 15 is 0 Å². The maximum absolute atomic E-state index is 4.42. The lowest BCUT2D eigenvalue weighted by atomic mass is 9.98. The normalized spacial score (nSPS) is 12.4. The lowest BCUT2D eigenvalue weighted by Crippen LogP contribution is -2.07. The molecule has 0 fully saturated rings. The first-order valence-corrected chi connectivity index (χ1v) is 6.93. The number of pyridine rings is 1. The molecule has 1 aromatic carbocycles. The molecule has 0 spiro atoms. The number of fused-ring (bicyclic) bond motifs is 1. The number of benzene rings is 1. The summed E-state index contributed by atoms with van der Waals surface area (Å²) in [5.74, 6) is 1.22. The monoisotopic (exact) mass is 266 g/mol. The second-order valence-corrected chi connectivity index (χ2v) is 4.97. The molecule has 0 saturated carbocycles. The fourth-order valence-corrected chi connectivity index (χ4v) is 2.26. The summed E-state index contributed by atoms with van der Waals surface area (Å²) in [6, 6.07) is 16.4. The lowest BCUT2D eigenvalue weighted by Gasteiger charge is -2.11. The quantitative estimate of drug-likeness (QED) is 0.770. The van der Waals surface area contributed by atoms with Crippen LogP contribution in [0.5, 0.6) is 0 Å². The fraction of sp³-hybridized carbons (Fsp3) is 0.250. The second-order valence-electron chi connectivity index (χ2n) is 4.97. The Morgan fingerprint density at radius 1 is 1.10 bits per heavy atom. The van der Waals surface area contributed by atoms with Gasteiger partial charge in [-0.05, 0) is 30.0 Å². The zero-order valence-corrected chi connectivity index (χ0v) is 11.5. The van der Waals surface area contributed by atoms with E-state index in [9.17, 15) is 0 Å². The molecule has 0 amide bonds. The zero-order chi connectivity index (χ0) is 13.8. The molecule has 1 unspecified atom stereocenters. The third kappa shape index (κ3) is 2.79. The predicted octanol–water partition coefficient (Wildman–Crippen LogP) is 3.34. The number of rotatable bonds is 5. The third-order valence-electron chi connectivity index (χ3n) is 3.47. The Hall–Kier alpha value is -2.36. The summed E-state index contributed by atoms with van der Waals surface area (Å²) in [6.07, 6.45) is 2.96. The van der Waals surface area contributed by atoms with Gasteiger partial charge in [0.25, 0.3) is 0 Å². The Bertz CT molecular complexity index is 642. The molecule has 1 atom stereocenters. The van der Waals surface area contributed by atoms with Crippen molar-refractivity contribution in [2.75, 3.05) is 11.9 Å². The SMILES string of the molecule is CC(CCNc1nc2ccccn2n1)c1ccccc1. The van der Waals surface area contributed by atoms with Gasteiger partial charge in [-0.25, -0.2) is 4.52 Å². The summed E-state index contributed by atoms with van der Waals surface area (Å²) in [6.45, 7) is 3.11. The Labute approximate surface area is 118 Å². The predicted molar refractivity (Wildman–Crippen MR) is 81.0 cm³/mol. The van der Waals surface area contributed by atoms with Crippen LogP contribution in [-0.2, 0) is 0 Å². The Morgan fingerprint density at radius 2 is 1.90 bits per heavy atom. The van der Waals surface area contributed by atoms with E-state index in [1.165, 1.54) is 5.56 Å². The van der Waals surface area contributed by atoms with Crippen LogP contribution in [0.2, 0.25) is 0 Å². The highest BCUT2D eigenvalue weighted by Crippen LogP contribution is 2.18. The van der Waals surface area contributed by atoms with Crippen LogP contribution in [0.25, 0.3) is 5.65 Å². The smallest absolute Gasteiger partial charge is 0.243 e. The van der Waals surface area contributed by atoms with E-state index in [0.29, 0.717) is 11.9 Å². The van der Waals surface area contributed by atoms with Crippen molar-refractivity contribution in [2.24, 2.45) is 0 Å². The lowest BCUT2D eigenvalue weighted by molar-refractivity contribution is 0.703. The van der Waals surface area contributed by atoms with Gasteiger partial charge in [0.1, 0.15) is 0 Å². The van der Waals surface area contributed by atoms with Gasteiger partial charge in [0.2, 0.25) is 5.95 Å². The molecule has 3 aromatic rings. The number of hydrogen-bond donors (Lipinski definition) is 1.